The van der Waals surface area contributed by atoms with Gasteiger partial charge in [0.05, 0.1) is 17.9 Å². The Morgan fingerprint density at radius 2 is 2.11 bits per heavy atom. The molecule has 100 valence electrons. The van der Waals surface area contributed by atoms with Crippen LogP contribution in [0.2, 0.25) is 0 Å². The van der Waals surface area contributed by atoms with Crippen LogP contribution in [0.4, 0.5) is 11.4 Å². The van der Waals surface area contributed by atoms with E-state index in [0.29, 0.717) is 13.1 Å². The zero-order valence-electron chi connectivity index (χ0n) is 10.7. The lowest BCUT2D eigenvalue weighted by atomic mass is 10.2. The first-order valence-corrected chi connectivity index (χ1v) is 6.65. The minimum Gasteiger partial charge on any atom is -0.359 e. The Bertz CT molecular complexity index is 511. The molecule has 1 aromatic carbocycles. The smallest absolute Gasteiger partial charge is 0.239 e. The monoisotopic (exact) mass is 259 g/mol. The average Bonchev–Trinajstić information content (AvgIpc) is 3.23. The van der Waals surface area contributed by atoms with Gasteiger partial charge in [-0.2, -0.15) is 0 Å². The molecule has 1 aliphatic heterocycles. The largest absolute Gasteiger partial charge is 0.359 e. The molecule has 0 aromatic heterocycles. The van der Waals surface area contributed by atoms with E-state index in [-0.39, 0.29) is 17.7 Å². The van der Waals surface area contributed by atoms with Crippen LogP contribution in [0.5, 0.6) is 0 Å². The molecule has 1 saturated heterocycles. The lowest BCUT2D eigenvalue weighted by Gasteiger charge is -2.30. The van der Waals surface area contributed by atoms with Crippen LogP contribution in [0.1, 0.15) is 12.8 Å². The summed E-state index contributed by atoms with van der Waals surface area (Å²) in [5, 5.41) is 5.77. The van der Waals surface area contributed by atoms with Crippen molar-refractivity contribution in [3.8, 4) is 0 Å². The molecular weight excluding hydrogens is 242 g/mol. The van der Waals surface area contributed by atoms with Crippen molar-refractivity contribution in [3.05, 3.63) is 24.3 Å². The highest BCUT2D eigenvalue weighted by Gasteiger charge is 2.30. The Hall–Kier alpha value is -2.04. The molecule has 19 heavy (non-hydrogen) atoms. The van der Waals surface area contributed by atoms with Crippen molar-refractivity contribution >= 4 is 23.2 Å². The number of carbonyl (C=O) groups excluding carboxylic acids is 2. The van der Waals surface area contributed by atoms with Crippen molar-refractivity contribution in [2.45, 2.75) is 12.8 Å². The first-order chi connectivity index (χ1) is 9.24. The maximum atomic E-state index is 11.9. The third-order valence-corrected chi connectivity index (χ3v) is 3.49. The number of nitrogens with zero attached hydrogens (tertiary/aromatic N) is 1. The van der Waals surface area contributed by atoms with Crippen LogP contribution in [0.3, 0.4) is 0 Å². The highest BCUT2D eigenvalue weighted by atomic mass is 16.2. The topological polar surface area (TPSA) is 61.4 Å². The molecule has 1 aliphatic carbocycles. The Balaban J connectivity index is 1.79. The number of para-hydroxylation sites is 2. The van der Waals surface area contributed by atoms with Crippen LogP contribution in [0.25, 0.3) is 0 Å². The van der Waals surface area contributed by atoms with E-state index >= 15 is 0 Å². The summed E-state index contributed by atoms with van der Waals surface area (Å²) in [6.07, 6.45) is 1.97. The fraction of sp³-hybridized carbons (Fsp3) is 0.429. The van der Waals surface area contributed by atoms with E-state index in [4.69, 9.17) is 0 Å². The quantitative estimate of drug-likeness (QED) is 0.850. The molecule has 0 radical (unpaired) electrons. The molecule has 5 heteroatoms. The molecule has 1 heterocycles. The molecule has 2 amide bonds. The number of anilines is 2. The van der Waals surface area contributed by atoms with Crippen molar-refractivity contribution in [1.82, 2.24) is 5.32 Å². The van der Waals surface area contributed by atoms with Gasteiger partial charge >= 0.3 is 0 Å². The SMILES string of the molecule is O=C1CN(c2ccccc2NC(=O)C2CC2)CCN1. The first-order valence-electron chi connectivity index (χ1n) is 6.65. The normalized spacial score (nSPS) is 18.9. The molecule has 2 N–H and O–H groups in total. The van der Waals surface area contributed by atoms with E-state index in [1.807, 2.05) is 29.2 Å². The Morgan fingerprint density at radius 3 is 2.84 bits per heavy atom. The summed E-state index contributed by atoms with van der Waals surface area (Å²) in [6.45, 7) is 1.75. The van der Waals surface area contributed by atoms with E-state index in [2.05, 4.69) is 10.6 Å². The van der Waals surface area contributed by atoms with E-state index < -0.39 is 0 Å². The van der Waals surface area contributed by atoms with Crippen LogP contribution in [-0.2, 0) is 9.59 Å². The Kier molecular flexibility index (Phi) is 3.11. The zero-order chi connectivity index (χ0) is 13.2. The number of nitrogens with one attached hydrogen (secondary N) is 2. The van der Waals surface area contributed by atoms with Gasteiger partial charge in [0.1, 0.15) is 0 Å². The van der Waals surface area contributed by atoms with E-state index in [1.54, 1.807) is 0 Å². The van der Waals surface area contributed by atoms with Gasteiger partial charge in [0.2, 0.25) is 11.8 Å². The summed E-state index contributed by atoms with van der Waals surface area (Å²) in [4.78, 5) is 25.3. The fourth-order valence-corrected chi connectivity index (χ4v) is 2.28. The lowest BCUT2D eigenvalue weighted by molar-refractivity contribution is -0.120. The number of carbonyl (C=O) groups is 2. The van der Waals surface area contributed by atoms with Gasteiger partial charge < -0.3 is 15.5 Å². The Morgan fingerprint density at radius 1 is 1.32 bits per heavy atom. The molecule has 1 saturated carbocycles. The van der Waals surface area contributed by atoms with Crippen LogP contribution in [0.15, 0.2) is 24.3 Å². The second-order valence-electron chi connectivity index (χ2n) is 5.05. The van der Waals surface area contributed by atoms with Crippen molar-refractivity contribution in [2.24, 2.45) is 5.92 Å². The number of hydrogen-bond donors (Lipinski definition) is 2. The molecular formula is C14H17N3O2. The van der Waals surface area contributed by atoms with Crippen molar-refractivity contribution < 1.29 is 9.59 Å². The highest BCUT2D eigenvalue weighted by Crippen LogP contribution is 2.32. The predicted molar refractivity (Wildman–Crippen MR) is 73.0 cm³/mol. The predicted octanol–water partition coefficient (Wildman–Crippen LogP) is 0.971. The summed E-state index contributed by atoms with van der Waals surface area (Å²) in [6, 6.07) is 7.66. The minimum atomic E-state index is 0.0228. The fourth-order valence-electron chi connectivity index (χ4n) is 2.28. The number of benzene rings is 1. The molecule has 0 bridgehead atoms. The molecule has 3 rings (SSSR count). The van der Waals surface area contributed by atoms with Crippen molar-refractivity contribution in [3.63, 3.8) is 0 Å². The van der Waals surface area contributed by atoms with Gasteiger partial charge in [0.25, 0.3) is 0 Å². The van der Waals surface area contributed by atoms with Crippen LogP contribution < -0.4 is 15.5 Å². The number of amides is 2. The summed E-state index contributed by atoms with van der Waals surface area (Å²) in [7, 11) is 0. The molecule has 0 atom stereocenters. The lowest BCUT2D eigenvalue weighted by Crippen LogP contribution is -2.47. The average molecular weight is 259 g/mol. The minimum absolute atomic E-state index is 0.0228. The van der Waals surface area contributed by atoms with Gasteiger partial charge in [0, 0.05) is 19.0 Å². The van der Waals surface area contributed by atoms with E-state index in [9.17, 15) is 9.59 Å². The summed E-state index contributed by atoms with van der Waals surface area (Å²) in [5.74, 6) is 0.293. The number of rotatable bonds is 3. The maximum absolute atomic E-state index is 11.9. The van der Waals surface area contributed by atoms with E-state index in [0.717, 1.165) is 30.8 Å². The summed E-state index contributed by atoms with van der Waals surface area (Å²) < 4.78 is 0. The van der Waals surface area contributed by atoms with Gasteiger partial charge in [-0.15, -0.1) is 0 Å². The van der Waals surface area contributed by atoms with Crippen LogP contribution in [0, 0.1) is 5.92 Å². The standard InChI is InChI=1S/C14H17N3O2/c18-13-9-17(8-7-15-13)12-4-2-1-3-11(12)16-14(19)10-5-6-10/h1-4,10H,5-9H2,(H,15,18)(H,16,19). The summed E-state index contributed by atoms with van der Waals surface area (Å²) >= 11 is 0. The van der Waals surface area contributed by atoms with Gasteiger partial charge in [-0.25, -0.2) is 0 Å². The molecule has 1 aromatic rings. The third kappa shape index (κ3) is 2.70. The molecule has 2 aliphatic rings. The number of piperazine rings is 1. The van der Waals surface area contributed by atoms with Crippen LogP contribution in [-0.4, -0.2) is 31.4 Å². The summed E-state index contributed by atoms with van der Waals surface area (Å²) in [5.41, 5.74) is 1.72. The third-order valence-electron chi connectivity index (χ3n) is 3.49. The Labute approximate surface area is 112 Å². The second-order valence-corrected chi connectivity index (χ2v) is 5.05. The van der Waals surface area contributed by atoms with Crippen molar-refractivity contribution in [1.29, 1.82) is 0 Å². The zero-order valence-corrected chi connectivity index (χ0v) is 10.7. The molecule has 0 spiro atoms. The van der Waals surface area contributed by atoms with Crippen molar-refractivity contribution in [2.75, 3.05) is 29.9 Å². The van der Waals surface area contributed by atoms with Gasteiger partial charge in [-0.1, -0.05) is 12.1 Å². The second kappa shape index (κ2) is 4.91. The molecule has 2 fully saturated rings. The van der Waals surface area contributed by atoms with Gasteiger partial charge in [-0.3, -0.25) is 9.59 Å². The highest BCUT2D eigenvalue weighted by molar-refractivity contribution is 5.97. The van der Waals surface area contributed by atoms with Gasteiger partial charge in [-0.05, 0) is 25.0 Å². The molecule has 5 nitrogen and oxygen atoms in total. The first kappa shape index (κ1) is 12.0. The maximum Gasteiger partial charge on any atom is 0.239 e. The van der Waals surface area contributed by atoms with Gasteiger partial charge in [0.15, 0.2) is 0 Å². The molecule has 0 unspecified atom stereocenters. The van der Waals surface area contributed by atoms with Crippen LogP contribution >= 0.6 is 0 Å². The van der Waals surface area contributed by atoms with E-state index in [1.165, 1.54) is 0 Å². The number of hydrogen-bond acceptors (Lipinski definition) is 3.